The van der Waals surface area contributed by atoms with Crippen LogP contribution >= 0.6 is 11.6 Å². The highest BCUT2D eigenvalue weighted by molar-refractivity contribution is 6.17. The summed E-state index contributed by atoms with van der Waals surface area (Å²) in [5.74, 6) is -3.21. The second kappa shape index (κ2) is 9.60. The fourth-order valence-corrected chi connectivity index (χ4v) is 2.21. The molecule has 0 aromatic carbocycles. The van der Waals surface area contributed by atoms with Crippen molar-refractivity contribution in [3.8, 4) is 0 Å². The largest absolute Gasteiger partial charge is 0.481 e. The monoisotopic (exact) mass is 322 g/mol. The number of carbonyl (C=O) groups is 3. The summed E-state index contributed by atoms with van der Waals surface area (Å²) < 4.78 is 9.95. The number of carbonyl (C=O) groups excluding carboxylic acids is 2. The van der Waals surface area contributed by atoms with Gasteiger partial charge in [-0.15, -0.1) is 11.6 Å². The molecule has 0 bridgehead atoms. The van der Waals surface area contributed by atoms with Crippen LogP contribution in [0.2, 0.25) is 0 Å². The summed E-state index contributed by atoms with van der Waals surface area (Å²) in [6, 6.07) is 0. The number of carboxylic acids is 1. The molecule has 0 aliphatic rings. The molecule has 0 radical (unpaired) electrons. The van der Waals surface area contributed by atoms with Crippen LogP contribution in [0.1, 0.15) is 40.0 Å². The van der Waals surface area contributed by atoms with E-state index in [1.54, 1.807) is 13.8 Å². The smallest absolute Gasteiger partial charge is 0.323 e. The van der Waals surface area contributed by atoms with E-state index >= 15 is 0 Å². The van der Waals surface area contributed by atoms with Crippen molar-refractivity contribution in [2.45, 2.75) is 40.0 Å². The zero-order valence-electron chi connectivity index (χ0n) is 12.7. The lowest BCUT2D eigenvalue weighted by Crippen LogP contribution is -2.44. The van der Waals surface area contributed by atoms with Gasteiger partial charge in [-0.2, -0.15) is 0 Å². The molecular weight excluding hydrogens is 300 g/mol. The van der Waals surface area contributed by atoms with Crippen LogP contribution in [0.15, 0.2) is 0 Å². The van der Waals surface area contributed by atoms with Gasteiger partial charge in [-0.3, -0.25) is 14.4 Å². The molecule has 0 rings (SSSR count). The molecule has 0 spiro atoms. The Morgan fingerprint density at radius 3 is 1.95 bits per heavy atom. The van der Waals surface area contributed by atoms with E-state index in [0.717, 1.165) is 0 Å². The molecule has 0 amide bonds. The predicted octanol–water partition coefficient (Wildman–Crippen LogP) is 2.23. The Labute approximate surface area is 129 Å². The van der Waals surface area contributed by atoms with Gasteiger partial charge < -0.3 is 14.6 Å². The maximum atomic E-state index is 12.3. The Bertz CT molecular complexity index is 350. The van der Waals surface area contributed by atoms with E-state index in [1.807, 2.05) is 0 Å². The van der Waals surface area contributed by atoms with E-state index in [2.05, 4.69) is 0 Å². The molecule has 122 valence electrons. The molecule has 0 aliphatic carbocycles. The first-order chi connectivity index (χ1) is 9.85. The van der Waals surface area contributed by atoms with Crippen LogP contribution in [0.25, 0.3) is 0 Å². The summed E-state index contributed by atoms with van der Waals surface area (Å²) in [5.41, 5.74) is -1.61. The van der Waals surface area contributed by atoms with Gasteiger partial charge in [0, 0.05) is 5.88 Å². The summed E-state index contributed by atoms with van der Waals surface area (Å²) in [4.78, 5) is 35.7. The summed E-state index contributed by atoms with van der Waals surface area (Å²) in [6.45, 7) is 4.88. The fourth-order valence-electron chi connectivity index (χ4n) is 2.07. The van der Waals surface area contributed by atoms with Crippen LogP contribution in [-0.2, 0) is 23.9 Å². The number of alkyl halides is 1. The van der Waals surface area contributed by atoms with E-state index in [4.69, 9.17) is 26.2 Å². The van der Waals surface area contributed by atoms with E-state index in [0.29, 0.717) is 6.42 Å². The third-order valence-electron chi connectivity index (χ3n) is 3.15. The minimum Gasteiger partial charge on any atom is -0.481 e. The Morgan fingerprint density at radius 2 is 1.62 bits per heavy atom. The Balaban J connectivity index is 5.52. The molecule has 0 aliphatic heterocycles. The second-order valence-electron chi connectivity index (χ2n) is 4.76. The minimum atomic E-state index is -1.61. The van der Waals surface area contributed by atoms with Gasteiger partial charge in [0.1, 0.15) is 0 Å². The van der Waals surface area contributed by atoms with E-state index < -0.39 is 29.2 Å². The number of hydrogen-bond donors (Lipinski definition) is 1. The summed E-state index contributed by atoms with van der Waals surface area (Å²) in [6.07, 6.45) is 0.314. The number of esters is 2. The topological polar surface area (TPSA) is 89.9 Å². The molecule has 7 heteroatoms. The first-order valence-electron chi connectivity index (χ1n) is 6.98. The van der Waals surface area contributed by atoms with Crippen LogP contribution in [0.4, 0.5) is 0 Å². The number of carboxylic acid groups (broad SMARTS) is 1. The van der Waals surface area contributed by atoms with Crippen molar-refractivity contribution in [2.24, 2.45) is 11.3 Å². The van der Waals surface area contributed by atoms with Gasteiger partial charge in [0.15, 0.2) is 5.41 Å². The molecule has 0 aromatic rings. The van der Waals surface area contributed by atoms with Gasteiger partial charge in [0.25, 0.3) is 0 Å². The predicted molar refractivity (Wildman–Crippen MR) is 77.1 cm³/mol. The van der Waals surface area contributed by atoms with Crippen molar-refractivity contribution in [1.29, 1.82) is 0 Å². The van der Waals surface area contributed by atoms with Crippen molar-refractivity contribution < 1.29 is 29.0 Å². The minimum absolute atomic E-state index is 0.0995. The van der Waals surface area contributed by atoms with Crippen molar-refractivity contribution in [2.75, 3.05) is 19.1 Å². The number of rotatable bonds is 10. The molecule has 0 heterocycles. The fraction of sp³-hybridized carbons (Fsp3) is 0.786. The molecule has 0 fully saturated rings. The maximum Gasteiger partial charge on any atom is 0.323 e. The highest BCUT2D eigenvalue weighted by Gasteiger charge is 2.49. The van der Waals surface area contributed by atoms with Crippen LogP contribution in [0.5, 0.6) is 0 Å². The number of halogens is 1. The average molecular weight is 323 g/mol. The van der Waals surface area contributed by atoms with E-state index in [1.165, 1.54) is 6.92 Å². The number of aliphatic carboxylic acids is 1. The molecule has 0 aromatic heterocycles. The summed E-state index contributed by atoms with van der Waals surface area (Å²) in [7, 11) is 0. The quantitative estimate of drug-likeness (QED) is 0.377. The van der Waals surface area contributed by atoms with Crippen molar-refractivity contribution >= 4 is 29.5 Å². The van der Waals surface area contributed by atoms with Gasteiger partial charge in [-0.25, -0.2) is 0 Å². The first-order valence-corrected chi connectivity index (χ1v) is 7.52. The van der Waals surface area contributed by atoms with Crippen molar-refractivity contribution in [1.82, 2.24) is 0 Å². The summed E-state index contributed by atoms with van der Waals surface area (Å²) >= 11 is 5.65. The summed E-state index contributed by atoms with van der Waals surface area (Å²) in [5, 5.41) is 9.06. The molecule has 0 saturated heterocycles. The molecular formula is C14H23ClO6. The van der Waals surface area contributed by atoms with Gasteiger partial charge in [-0.05, 0) is 33.1 Å². The molecule has 0 saturated carbocycles. The van der Waals surface area contributed by atoms with Crippen LogP contribution in [0, 0.1) is 11.3 Å². The third kappa shape index (κ3) is 5.53. The van der Waals surface area contributed by atoms with Crippen LogP contribution < -0.4 is 0 Å². The lowest BCUT2D eigenvalue weighted by atomic mass is 9.76. The van der Waals surface area contributed by atoms with E-state index in [-0.39, 0.29) is 31.9 Å². The number of ether oxygens (including phenoxy) is 2. The maximum absolute atomic E-state index is 12.3. The lowest BCUT2D eigenvalue weighted by Gasteiger charge is -2.30. The SMILES string of the molecule is CCOC(=O)C(CCCCl)(CC(C)C(=O)O)C(=O)OCC. The second-order valence-corrected chi connectivity index (χ2v) is 5.14. The van der Waals surface area contributed by atoms with Crippen LogP contribution in [-0.4, -0.2) is 42.1 Å². The molecule has 21 heavy (non-hydrogen) atoms. The van der Waals surface area contributed by atoms with Gasteiger partial charge in [-0.1, -0.05) is 6.92 Å². The van der Waals surface area contributed by atoms with Gasteiger partial charge in [0.05, 0.1) is 19.1 Å². The highest BCUT2D eigenvalue weighted by atomic mass is 35.5. The zero-order valence-corrected chi connectivity index (χ0v) is 13.4. The number of hydrogen-bond acceptors (Lipinski definition) is 5. The van der Waals surface area contributed by atoms with Gasteiger partial charge >= 0.3 is 17.9 Å². The normalized spacial score (nSPS) is 12.6. The zero-order chi connectivity index (χ0) is 16.5. The Kier molecular flexibility index (Phi) is 9.01. The van der Waals surface area contributed by atoms with Crippen molar-refractivity contribution in [3.05, 3.63) is 0 Å². The van der Waals surface area contributed by atoms with E-state index in [9.17, 15) is 14.4 Å². The molecule has 6 nitrogen and oxygen atoms in total. The van der Waals surface area contributed by atoms with Gasteiger partial charge in [0.2, 0.25) is 0 Å². The van der Waals surface area contributed by atoms with Crippen molar-refractivity contribution in [3.63, 3.8) is 0 Å². The highest BCUT2D eigenvalue weighted by Crippen LogP contribution is 2.35. The standard InChI is InChI=1S/C14H23ClO6/c1-4-20-12(18)14(7-6-8-15,13(19)21-5-2)9-10(3)11(16)17/h10H,4-9H2,1-3H3,(H,16,17). The third-order valence-corrected chi connectivity index (χ3v) is 3.41. The first kappa shape index (κ1) is 19.7. The molecule has 1 unspecified atom stereocenters. The molecule has 1 N–H and O–H groups in total. The molecule has 1 atom stereocenters. The Morgan fingerprint density at radius 1 is 1.14 bits per heavy atom. The average Bonchev–Trinajstić information content (AvgIpc) is 2.43. The van der Waals surface area contributed by atoms with Crippen LogP contribution in [0.3, 0.4) is 0 Å². The Hall–Kier alpha value is -1.30. The lowest BCUT2D eigenvalue weighted by molar-refractivity contribution is -0.174.